The van der Waals surface area contributed by atoms with Crippen molar-refractivity contribution in [1.29, 1.82) is 0 Å². The van der Waals surface area contributed by atoms with Crippen molar-refractivity contribution < 1.29 is 20.6 Å². The summed E-state index contributed by atoms with van der Waals surface area (Å²) in [6, 6.07) is 0. The molecule has 1 saturated heterocycles. The molecule has 0 spiro atoms. The first-order valence-corrected chi connectivity index (χ1v) is 2.79. The number of ether oxygens (including phenoxy) is 1. The zero-order valence-corrected chi connectivity index (χ0v) is 5.21. The van der Waals surface area contributed by atoms with Gasteiger partial charge in [-0.25, -0.2) is 0 Å². The van der Waals surface area contributed by atoms with Crippen molar-refractivity contribution in [3.05, 3.63) is 12.2 Å². The van der Waals surface area contributed by atoms with Crippen LogP contribution in [0, 0.1) is 0 Å². The molecule has 0 aromatic heterocycles. The third kappa shape index (κ3) is 1.01. The Labute approximate surface area is 50.9 Å². The summed E-state index contributed by atoms with van der Waals surface area (Å²) in [5.41, 5.74) is 1.10. The Balaban J connectivity index is 2.65. The van der Waals surface area contributed by atoms with Gasteiger partial charge < -0.3 is 0 Å². The van der Waals surface area contributed by atoms with Crippen molar-refractivity contribution in [2.24, 2.45) is 0 Å². The van der Waals surface area contributed by atoms with Gasteiger partial charge in [-0.05, 0) is 0 Å². The quantitative estimate of drug-likeness (QED) is 0.472. The standard InChI is InChI=1S/C5H6O.Cr/c1-5-2-3-6-4-5;/h1-3H2;. The fraction of sp³-hybridized carbons (Fsp3) is 0.400. The van der Waals surface area contributed by atoms with E-state index in [9.17, 15) is 0 Å². The summed E-state index contributed by atoms with van der Waals surface area (Å²) in [4.78, 5) is 0. The minimum absolute atomic E-state index is 0.807. The molecule has 0 aliphatic carbocycles. The second-order valence-electron chi connectivity index (χ2n) is 1.49. The van der Waals surface area contributed by atoms with Crippen molar-refractivity contribution in [3.8, 4) is 0 Å². The molecular weight excluding hydrogens is 128 g/mol. The van der Waals surface area contributed by atoms with E-state index in [4.69, 9.17) is 4.74 Å². The van der Waals surface area contributed by atoms with Crippen LogP contribution >= 0.6 is 0 Å². The molecule has 1 aliphatic rings. The number of hydrogen-bond acceptors (Lipinski definition) is 1. The molecule has 38 valence electrons. The molecule has 0 radical (unpaired) electrons. The molecule has 0 amide bonds. The normalized spacial score (nSPS) is 21.1. The Bertz CT molecular complexity index is 103. The van der Waals surface area contributed by atoms with E-state index in [1.54, 1.807) is 0 Å². The zero-order valence-electron chi connectivity index (χ0n) is 3.94. The van der Waals surface area contributed by atoms with E-state index in [0.29, 0.717) is 0 Å². The molecule has 1 heterocycles. The molecular formula is C5H6CrO. The molecule has 0 unspecified atom stereocenters. The molecule has 1 aliphatic heterocycles. The molecule has 0 aromatic rings. The van der Waals surface area contributed by atoms with Gasteiger partial charge in [0.05, 0.1) is 0 Å². The fourth-order valence-corrected chi connectivity index (χ4v) is 0.761. The first kappa shape index (κ1) is 5.24. The molecule has 0 saturated carbocycles. The van der Waals surface area contributed by atoms with Crippen LogP contribution in [-0.2, 0) is 20.6 Å². The monoisotopic (exact) mass is 134 g/mol. The summed E-state index contributed by atoms with van der Waals surface area (Å²) >= 11 is 2.78. The van der Waals surface area contributed by atoms with E-state index >= 15 is 0 Å². The van der Waals surface area contributed by atoms with Gasteiger partial charge >= 0.3 is 50.3 Å². The van der Waals surface area contributed by atoms with Crippen molar-refractivity contribution in [2.45, 2.75) is 6.42 Å². The third-order valence-corrected chi connectivity index (χ3v) is 1.56. The van der Waals surface area contributed by atoms with Crippen LogP contribution in [0.2, 0.25) is 0 Å². The maximum absolute atomic E-state index is 5.03. The van der Waals surface area contributed by atoms with E-state index < -0.39 is 0 Å². The molecule has 1 nitrogen and oxygen atoms in total. The maximum atomic E-state index is 5.03. The first-order chi connectivity index (χ1) is 3.30. The Morgan fingerprint density at radius 3 is 2.57 bits per heavy atom. The molecule has 0 N–H and O–H groups in total. The predicted octanol–water partition coefficient (Wildman–Crippen LogP) is 0.640. The van der Waals surface area contributed by atoms with Gasteiger partial charge in [-0.1, -0.05) is 0 Å². The topological polar surface area (TPSA) is 9.23 Å². The van der Waals surface area contributed by atoms with Crippen LogP contribution in [0.4, 0.5) is 0 Å². The van der Waals surface area contributed by atoms with Crippen molar-refractivity contribution in [3.63, 3.8) is 0 Å². The van der Waals surface area contributed by atoms with E-state index in [1.807, 2.05) is 0 Å². The van der Waals surface area contributed by atoms with Crippen LogP contribution in [0.5, 0.6) is 0 Å². The molecule has 1 fully saturated rings. The Hall–Kier alpha value is 0.102. The number of hydrogen-bond donors (Lipinski definition) is 0. The average molecular weight is 134 g/mol. The van der Waals surface area contributed by atoms with Gasteiger partial charge in [0.1, 0.15) is 0 Å². The fourth-order valence-electron chi connectivity index (χ4n) is 0.471. The van der Waals surface area contributed by atoms with Crippen LogP contribution in [0.1, 0.15) is 6.42 Å². The van der Waals surface area contributed by atoms with Gasteiger partial charge in [0.2, 0.25) is 0 Å². The van der Waals surface area contributed by atoms with Gasteiger partial charge in [0, 0.05) is 0 Å². The van der Waals surface area contributed by atoms with Gasteiger partial charge in [-0.2, -0.15) is 0 Å². The SMILES string of the molecule is C=C1CCO[C]1=[Cr]. The van der Waals surface area contributed by atoms with Crippen LogP contribution < -0.4 is 0 Å². The molecule has 0 bridgehead atoms. The van der Waals surface area contributed by atoms with E-state index in [2.05, 4.69) is 22.4 Å². The van der Waals surface area contributed by atoms with Crippen LogP contribution in [0.15, 0.2) is 12.2 Å². The second kappa shape index (κ2) is 1.92. The van der Waals surface area contributed by atoms with Gasteiger partial charge in [0.15, 0.2) is 0 Å². The summed E-state index contributed by atoms with van der Waals surface area (Å²) in [5.74, 6) is 0. The summed E-state index contributed by atoms with van der Waals surface area (Å²) in [5, 5.41) is 0. The second-order valence-corrected chi connectivity index (χ2v) is 2.07. The predicted molar refractivity (Wildman–Crippen MR) is 24.7 cm³/mol. The van der Waals surface area contributed by atoms with Crippen LogP contribution in [0.25, 0.3) is 0 Å². The Kier molecular flexibility index (Phi) is 1.44. The molecule has 0 aromatic carbocycles. The molecule has 1 rings (SSSR count). The van der Waals surface area contributed by atoms with Gasteiger partial charge in [0.25, 0.3) is 0 Å². The molecule has 2 heteroatoms. The van der Waals surface area contributed by atoms with E-state index in [1.165, 1.54) is 0 Å². The van der Waals surface area contributed by atoms with E-state index in [-0.39, 0.29) is 0 Å². The summed E-state index contributed by atoms with van der Waals surface area (Å²) in [6.45, 7) is 4.55. The Morgan fingerprint density at radius 1 is 1.71 bits per heavy atom. The summed E-state index contributed by atoms with van der Waals surface area (Å²) in [6.07, 6.45) is 0.988. The van der Waals surface area contributed by atoms with Crippen molar-refractivity contribution >= 4 is 4.57 Å². The van der Waals surface area contributed by atoms with Gasteiger partial charge in [-0.15, -0.1) is 0 Å². The van der Waals surface area contributed by atoms with Crippen LogP contribution in [-0.4, -0.2) is 11.2 Å². The first-order valence-electron chi connectivity index (χ1n) is 2.15. The molecule has 0 atom stereocenters. The van der Waals surface area contributed by atoms with Crippen molar-refractivity contribution in [2.75, 3.05) is 6.61 Å². The third-order valence-electron chi connectivity index (χ3n) is 0.926. The van der Waals surface area contributed by atoms with E-state index in [0.717, 1.165) is 23.2 Å². The van der Waals surface area contributed by atoms with Crippen LogP contribution in [0.3, 0.4) is 0 Å². The molecule has 7 heavy (non-hydrogen) atoms. The minimum atomic E-state index is 0.807. The Morgan fingerprint density at radius 2 is 2.43 bits per heavy atom. The van der Waals surface area contributed by atoms with Crippen molar-refractivity contribution in [1.82, 2.24) is 0 Å². The number of rotatable bonds is 0. The summed E-state index contributed by atoms with van der Waals surface area (Å²) < 4.78 is 5.92. The van der Waals surface area contributed by atoms with Gasteiger partial charge in [-0.3, -0.25) is 0 Å². The average Bonchev–Trinajstić information content (AvgIpc) is 1.91. The zero-order chi connectivity index (χ0) is 5.28. The summed E-state index contributed by atoms with van der Waals surface area (Å²) in [7, 11) is 0.